The van der Waals surface area contributed by atoms with Gasteiger partial charge >= 0.3 is 0 Å². The quantitative estimate of drug-likeness (QED) is 0.671. The second-order valence-electron chi connectivity index (χ2n) is 4.54. The Morgan fingerprint density at radius 2 is 1.81 bits per heavy atom. The molecule has 1 N–H and O–H groups in total. The molecule has 7 heteroatoms. The molecule has 0 amide bonds. The van der Waals surface area contributed by atoms with Crippen LogP contribution in [0.25, 0.3) is 0 Å². The Kier molecular flexibility index (Phi) is 4.13. The van der Waals surface area contributed by atoms with Crippen LogP contribution in [0.15, 0.2) is 42.5 Å². The van der Waals surface area contributed by atoms with E-state index in [1.165, 1.54) is 18.2 Å². The van der Waals surface area contributed by atoms with Crippen molar-refractivity contribution in [2.24, 2.45) is 0 Å². The molecule has 0 unspecified atom stereocenters. The molecular formula is C14H13N3O4. The summed E-state index contributed by atoms with van der Waals surface area (Å²) in [7, 11) is 0. The van der Waals surface area contributed by atoms with Gasteiger partial charge in [-0.05, 0) is 24.6 Å². The van der Waals surface area contributed by atoms with E-state index < -0.39 is 9.85 Å². The highest BCUT2D eigenvalue weighted by atomic mass is 16.6. The van der Waals surface area contributed by atoms with Crippen LogP contribution in [0.5, 0.6) is 0 Å². The predicted molar refractivity (Wildman–Crippen MR) is 78.3 cm³/mol. The summed E-state index contributed by atoms with van der Waals surface area (Å²) in [4.78, 5) is 20.6. The zero-order chi connectivity index (χ0) is 15.4. The van der Waals surface area contributed by atoms with Gasteiger partial charge in [0.2, 0.25) is 0 Å². The Morgan fingerprint density at radius 3 is 2.43 bits per heavy atom. The lowest BCUT2D eigenvalue weighted by molar-refractivity contribution is -0.385. The van der Waals surface area contributed by atoms with Crippen LogP contribution in [0.3, 0.4) is 0 Å². The van der Waals surface area contributed by atoms with Gasteiger partial charge in [0, 0.05) is 36.0 Å². The van der Waals surface area contributed by atoms with Crippen molar-refractivity contribution in [2.75, 3.05) is 5.32 Å². The van der Waals surface area contributed by atoms with Crippen molar-refractivity contribution >= 4 is 17.1 Å². The Morgan fingerprint density at radius 1 is 1.05 bits per heavy atom. The minimum absolute atomic E-state index is 0.0363. The van der Waals surface area contributed by atoms with Crippen LogP contribution in [0.1, 0.15) is 11.1 Å². The minimum Gasteiger partial charge on any atom is -0.381 e. The first-order chi connectivity index (χ1) is 9.97. The number of non-ortho nitro benzene ring substituents is 1. The van der Waals surface area contributed by atoms with E-state index in [4.69, 9.17) is 0 Å². The number of hydrogen-bond acceptors (Lipinski definition) is 5. The summed E-state index contributed by atoms with van der Waals surface area (Å²) in [6.45, 7) is 2.07. The van der Waals surface area contributed by atoms with E-state index in [-0.39, 0.29) is 11.4 Å². The highest BCUT2D eigenvalue weighted by Crippen LogP contribution is 2.22. The van der Waals surface area contributed by atoms with E-state index in [1.54, 1.807) is 31.2 Å². The fraction of sp³-hybridized carbons (Fsp3) is 0.143. The molecule has 2 rings (SSSR count). The molecule has 0 saturated carbocycles. The summed E-state index contributed by atoms with van der Waals surface area (Å²) >= 11 is 0. The highest BCUT2D eigenvalue weighted by molar-refractivity contribution is 5.53. The standard InChI is InChI=1S/C14H13N3O4/c1-10-7-12(5-6-14(10)17(20)21)15-9-11-3-2-4-13(8-11)16(18)19/h2-8,15H,9H2,1H3. The first-order valence-electron chi connectivity index (χ1n) is 6.19. The first kappa shape index (κ1) is 14.4. The van der Waals surface area contributed by atoms with Crippen LogP contribution >= 0.6 is 0 Å². The number of aryl methyl sites for hydroxylation is 1. The van der Waals surface area contributed by atoms with Crippen molar-refractivity contribution < 1.29 is 9.85 Å². The van der Waals surface area contributed by atoms with Crippen LogP contribution in [-0.2, 0) is 6.54 Å². The van der Waals surface area contributed by atoms with Gasteiger partial charge in [0.15, 0.2) is 0 Å². The molecule has 0 spiro atoms. The third kappa shape index (κ3) is 3.53. The Balaban J connectivity index is 2.10. The van der Waals surface area contributed by atoms with Crippen molar-refractivity contribution in [1.82, 2.24) is 0 Å². The number of anilines is 1. The lowest BCUT2D eigenvalue weighted by Gasteiger charge is -2.07. The fourth-order valence-corrected chi connectivity index (χ4v) is 1.95. The van der Waals surface area contributed by atoms with Crippen LogP contribution < -0.4 is 5.32 Å². The van der Waals surface area contributed by atoms with Gasteiger partial charge in [-0.25, -0.2) is 0 Å². The van der Waals surface area contributed by atoms with Crippen molar-refractivity contribution in [3.05, 3.63) is 73.8 Å². The summed E-state index contributed by atoms with van der Waals surface area (Å²) in [5.74, 6) is 0. The number of hydrogen-bond donors (Lipinski definition) is 1. The van der Waals surface area contributed by atoms with Gasteiger partial charge in [-0.1, -0.05) is 12.1 Å². The number of rotatable bonds is 5. The molecule has 0 bridgehead atoms. The van der Waals surface area contributed by atoms with E-state index in [0.717, 1.165) is 11.3 Å². The summed E-state index contributed by atoms with van der Waals surface area (Å²) in [6.07, 6.45) is 0. The maximum atomic E-state index is 10.7. The zero-order valence-electron chi connectivity index (χ0n) is 11.3. The molecule has 0 aliphatic heterocycles. The minimum atomic E-state index is -0.445. The average Bonchev–Trinajstić information content (AvgIpc) is 2.45. The van der Waals surface area contributed by atoms with Crippen molar-refractivity contribution in [3.8, 4) is 0 Å². The molecule has 2 aromatic carbocycles. The summed E-state index contributed by atoms with van der Waals surface area (Å²) in [5, 5.41) is 24.5. The maximum Gasteiger partial charge on any atom is 0.272 e. The van der Waals surface area contributed by atoms with Gasteiger partial charge in [0.25, 0.3) is 11.4 Å². The second kappa shape index (κ2) is 6.00. The molecule has 2 aromatic rings. The Bertz CT molecular complexity index is 700. The predicted octanol–water partition coefficient (Wildman–Crippen LogP) is 3.42. The molecule has 0 saturated heterocycles. The van der Waals surface area contributed by atoms with Crippen molar-refractivity contribution in [3.63, 3.8) is 0 Å². The monoisotopic (exact) mass is 287 g/mol. The summed E-state index contributed by atoms with van der Waals surface area (Å²) in [5.41, 5.74) is 2.15. The van der Waals surface area contributed by atoms with E-state index in [9.17, 15) is 20.2 Å². The second-order valence-corrected chi connectivity index (χ2v) is 4.54. The van der Waals surface area contributed by atoms with Gasteiger partial charge in [-0.2, -0.15) is 0 Å². The van der Waals surface area contributed by atoms with Crippen molar-refractivity contribution in [1.29, 1.82) is 0 Å². The molecular weight excluding hydrogens is 274 g/mol. The molecule has 108 valence electrons. The largest absolute Gasteiger partial charge is 0.381 e. The van der Waals surface area contributed by atoms with Gasteiger partial charge in [-0.15, -0.1) is 0 Å². The average molecular weight is 287 g/mol. The normalized spacial score (nSPS) is 10.1. The molecule has 0 aromatic heterocycles. The number of nitrogens with one attached hydrogen (secondary N) is 1. The molecule has 7 nitrogen and oxygen atoms in total. The number of nitro groups is 2. The maximum absolute atomic E-state index is 10.7. The van der Waals surface area contributed by atoms with Gasteiger partial charge < -0.3 is 5.32 Å². The number of nitro benzene ring substituents is 2. The number of benzene rings is 2. The van der Waals surface area contributed by atoms with E-state index >= 15 is 0 Å². The highest BCUT2D eigenvalue weighted by Gasteiger charge is 2.10. The lowest BCUT2D eigenvalue weighted by Crippen LogP contribution is -2.01. The SMILES string of the molecule is Cc1cc(NCc2cccc([N+](=O)[O-])c2)ccc1[N+](=O)[O-]. The molecule has 0 aliphatic carbocycles. The molecule has 0 heterocycles. The molecule has 0 radical (unpaired) electrons. The fourth-order valence-electron chi connectivity index (χ4n) is 1.95. The smallest absolute Gasteiger partial charge is 0.272 e. The molecule has 0 atom stereocenters. The van der Waals surface area contributed by atoms with E-state index in [0.29, 0.717) is 12.1 Å². The van der Waals surface area contributed by atoms with Gasteiger partial charge in [0.1, 0.15) is 0 Å². The lowest BCUT2D eigenvalue weighted by atomic mass is 10.1. The summed E-state index contributed by atoms with van der Waals surface area (Å²) in [6, 6.07) is 11.0. The van der Waals surface area contributed by atoms with Crippen molar-refractivity contribution in [2.45, 2.75) is 13.5 Å². The van der Waals surface area contributed by atoms with Crippen LogP contribution in [0.4, 0.5) is 17.1 Å². The molecule has 0 aliphatic rings. The number of nitrogens with zero attached hydrogens (tertiary/aromatic N) is 2. The van der Waals surface area contributed by atoms with E-state index in [2.05, 4.69) is 5.32 Å². The topological polar surface area (TPSA) is 98.3 Å². The van der Waals surface area contributed by atoms with E-state index in [1.807, 2.05) is 0 Å². The van der Waals surface area contributed by atoms with Gasteiger partial charge in [0.05, 0.1) is 9.85 Å². The third-order valence-corrected chi connectivity index (χ3v) is 3.01. The Hall–Kier alpha value is -2.96. The van der Waals surface area contributed by atoms with Crippen LogP contribution in [0.2, 0.25) is 0 Å². The molecule has 21 heavy (non-hydrogen) atoms. The van der Waals surface area contributed by atoms with Gasteiger partial charge in [-0.3, -0.25) is 20.2 Å². The Labute approximate surface area is 120 Å². The van der Waals surface area contributed by atoms with Crippen LogP contribution in [0, 0.1) is 27.2 Å². The summed E-state index contributed by atoms with van der Waals surface area (Å²) < 4.78 is 0. The molecule has 0 fully saturated rings. The zero-order valence-corrected chi connectivity index (χ0v) is 11.3. The first-order valence-corrected chi connectivity index (χ1v) is 6.19. The van der Waals surface area contributed by atoms with Crippen LogP contribution in [-0.4, -0.2) is 9.85 Å². The third-order valence-electron chi connectivity index (χ3n) is 3.01.